The number of carboxylic acid groups (broad SMARTS) is 2. The maximum absolute atomic E-state index is 13.2. The molecular weight excluding hydrogens is 534 g/mol. The van der Waals surface area contributed by atoms with Crippen molar-refractivity contribution in [3.8, 4) is 5.75 Å². The second kappa shape index (κ2) is 11.9. The van der Waals surface area contributed by atoms with Crippen molar-refractivity contribution in [2.45, 2.75) is 38.6 Å². The molecule has 4 aromatic rings. The first-order valence-electron chi connectivity index (χ1n) is 13.3. The van der Waals surface area contributed by atoms with Crippen LogP contribution in [0.5, 0.6) is 5.75 Å². The Hall–Kier alpha value is -4.58. The Morgan fingerprint density at radius 1 is 1.05 bits per heavy atom. The van der Waals surface area contributed by atoms with Gasteiger partial charge in [0.2, 0.25) is 0 Å². The van der Waals surface area contributed by atoms with E-state index in [1.807, 2.05) is 0 Å². The molecule has 1 aliphatic rings. The molecule has 1 saturated heterocycles. The number of furan rings is 1. The van der Waals surface area contributed by atoms with Crippen molar-refractivity contribution in [3.05, 3.63) is 64.6 Å². The highest BCUT2D eigenvalue weighted by Gasteiger charge is 2.48. The van der Waals surface area contributed by atoms with Crippen molar-refractivity contribution in [1.29, 1.82) is 0 Å². The summed E-state index contributed by atoms with van der Waals surface area (Å²) in [7, 11) is 0. The van der Waals surface area contributed by atoms with Crippen LogP contribution >= 0.6 is 0 Å². The second-order valence-corrected chi connectivity index (χ2v) is 10.2. The van der Waals surface area contributed by atoms with Gasteiger partial charge in [-0.2, -0.15) is 0 Å². The Morgan fingerprint density at radius 3 is 2.56 bits per heavy atom. The fraction of sp³-hybridized carbons (Fsp3) is 0.379. The molecule has 0 unspecified atom stereocenters. The van der Waals surface area contributed by atoms with Gasteiger partial charge in [-0.05, 0) is 61.9 Å². The van der Waals surface area contributed by atoms with Gasteiger partial charge in [0.05, 0.1) is 12.0 Å². The third kappa shape index (κ3) is 5.97. The lowest BCUT2D eigenvalue weighted by atomic mass is 9.79. The third-order valence-corrected chi connectivity index (χ3v) is 7.56. The predicted molar refractivity (Wildman–Crippen MR) is 145 cm³/mol. The summed E-state index contributed by atoms with van der Waals surface area (Å²) < 4.78 is 17.8. The lowest BCUT2D eigenvalue weighted by molar-refractivity contribution is -0.165. The fourth-order valence-electron chi connectivity index (χ4n) is 4.99. The standard InChI is InChI=1S/C29H29N3O9/c33-23(25-15-19-5-6-20(16-24(19)41-25)40-14-9-18-7-12-39-13-8-18)17-29(27(35)36,28(37)38)10-11-32-26(34)21-3-1-2-4-22(21)30-31-32/h1-6,15-16,18H,7-14,17H2,(H,35,36)(H,37,38). The van der Waals surface area contributed by atoms with Crippen LogP contribution in [0.1, 0.15) is 42.7 Å². The number of carbonyl (C=O) groups excluding carboxylic acids is 1. The molecule has 3 heterocycles. The number of aryl methyl sites for hydroxylation is 1. The molecule has 2 aromatic carbocycles. The zero-order valence-corrected chi connectivity index (χ0v) is 22.2. The van der Waals surface area contributed by atoms with Gasteiger partial charge < -0.3 is 24.1 Å². The van der Waals surface area contributed by atoms with Gasteiger partial charge in [0, 0.05) is 37.6 Å². The van der Waals surface area contributed by atoms with Gasteiger partial charge in [0.25, 0.3) is 5.56 Å². The molecule has 0 amide bonds. The molecular formula is C29H29N3O9. The summed E-state index contributed by atoms with van der Waals surface area (Å²) in [6.45, 7) is 1.67. The smallest absolute Gasteiger partial charge is 0.321 e. The quantitative estimate of drug-likeness (QED) is 0.191. The Balaban J connectivity index is 1.30. The van der Waals surface area contributed by atoms with Crippen molar-refractivity contribution < 1.29 is 38.5 Å². The van der Waals surface area contributed by atoms with Gasteiger partial charge in [-0.1, -0.05) is 17.3 Å². The monoisotopic (exact) mass is 563 g/mol. The zero-order chi connectivity index (χ0) is 29.0. The van der Waals surface area contributed by atoms with Gasteiger partial charge in [-0.15, -0.1) is 5.10 Å². The number of benzene rings is 2. The maximum atomic E-state index is 13.2. The molecule has 12 heteroatoms. The first-order valence-corrected chi connectivity index (χ1v) is 13.3. The van der Waals surface area contributed by atoms with Gasteiger partial charge in [0.1, 0.15) is 16.8 Å². The fourth-order valence-corrected chi connectivity index (χ4v) is 4.99. The average molecular weight is 564 g/mol. The number of carboxylic acids is 2. The number of fused-ring (bicyclic) bond motifs is 2. The highest BCUT2D eigenvalue weighted by molar-refractivity contribution is 6.06. The van der Waals surface area contributed by atoms with Gasteiger partial charge in [-0.3, -0.25) is 19.2 Å². The summed E-state index contributed by atoms with van der Waals surface area (Å²) in [6.07, 6.45) is 1.44. The van der Waals surface area contributed by atoms with Crippen molar-refractivity contribution in [3.63, 3.8) is 0 Å². The van der Waals surface area contributed by atoms with Crippen LogP contribution in [-0.2, 0) is 20.9 Å². The van der Waals surface area contributed by atoms with E-state index in [0.29, 0.717) is 34.8 Å². The van der Waals surface area contributed by atoms with Crippen molar-refractivity contribution >= 4 is 39.6 Å². The van der Waals surface area contributed by atoms with Crippen LogP contribution in [0, 0.1) is 11.3 Å². The van der Waals surface area contributed by atoms with E-state index in [9.17, 15) is 29.4 Å². The van der Waals surface area contributed by atoms with Crippen LogP contribution in [-0.4, -0.2) is 62.7 Å². The SMILES string of the molecule is O=C(CC(CCn1nnc2ccccc2c1=O)(C(=O)O)C(=O)O)c1cc2ccc(OCCC3CCOCC3)cc2o1. The number of ether oxygens (including phenoxy) is 2. The highest BCUT2D eigenvalue weighted by Crippen LogP contribution is 2.32. The Labute approximate surface area is 233 Å². The Kier molecular flexibility index (Phi) is 8.11. The molecule has 0 aliphatic carbocycles. The number of hydrogen-bond donors (Lipinski definition) is 2. The lowest BCUT2D eigenvalue weighted by Gasteiger charge is -2.23. The van der Waals surface area contributed by atoms with E-state index in [0.717, 1.165) is 37.2 Å². The van der Waals surface area contributed by atoms with Crippen molar-refractivity contribution in [2.24, 2.45) is 11.3 Å². The molecule has 2 aromatic heterocycles. The molecule has 2 N–H and O–H groups in total. The molecule has 41 heavy (non-hydrogen) atoms. The van der Waals surface area contributed by atoms with Crippen molar-refractivity contribution in [2.75, 3.05) is 19.8 Å². The molecule has 0 saturated carbocycles. The van der Waals surface area contributed by atoms with Crippen LogP contribution in [0.3, 0.4) is 0 Å². The van der Waals surface area contributed by atoms with E-state index in [-0.39, 0.29) is 17.7 Å². The Bertz CT molecular complexity index is 1640. The lowest BCUT2D eigenvalue weighted by Crippen LogP contribution is -2.43. The number of aliphatic carboxylic acids is 2. The molecule has 0 atom stereocenters. The highest BCUT2D eigenvalue weighted by atomic mass is 16.5. The van der Waals surface area contributed by atoms with E-state index in [2.05, 4.69) is 10.3 Å². The van der Waals surface area contributed by atoms with E-state index in [1.165, 1.54) is 12.1 Å². The average Bonchev–Trinajstić information content (AvgIpc) is 3.40. The molecule has 0 spiro atoms. The first kappa shape index (κ1) is 28.0. The second-order valence-electron chi connectivity index (χ2n) is 10.2. The van der Waals surface area contributed by atoms with E-state index < -0.39 is 41.5 Å². The van der Waals surface area contributed by atoms with Gasteiger partial charge >= 0.3 is 11.9 Å². The summed E-state index contributed by atoms with van der Waals surface area (Å²) in [4.78, 5) is 50.5. The first-order chi connectivity index (χ1) is 19.8. The predicted octanol–water partition coefficient (Wildman–Crippen LogP) is 3.55. The topological polar surface area (TPSA) is 171 Å². The number of carbonyl (C=O) groups is 3. The largest absolute Gasteiger partial charge is 0.493 e. The number of ketones is 1. The molecule has 0 bridgehead atoms. The molecule has 1 aliphatic heterocycles. The summed E-state index contributed by atoms with van der Waals surface area (Å²) >= 11 is 0. The van der Waals surface area contributed by atoms with Gasteiger partial charge in [-0.25, -0.2) is 4.68 Å². The van der Waals surface area contributed by atoms with Crippen LogP contribution in [0.2, 0.25) is 0 Å². The van der Waals surface area contributed by atoms with Crippen LogP contribution in [0.4, 0.5) is 0 Å². The Morgan fingerprint density at radius 2 is 1.80 bits per heavy atom. The summed E-state index contributed by atoms with van der Waals surface area (Å²) in [6, 6.07) is 13.0. The molecule has 1 fully saturated rings. The third-order valence-electron chi connectivity index (χ3n) is 7.56. The van der Waals surface area contributed by atoms with E-state index >= 15 is 0 Å². The summed E-state index contributed by atoms with van der Waals surface area (Å²) in [5.41, 5.74) is -2.37. The number of hydrogen-bond acceptors (Lipinski definition) is 9. The minimum atomic E-state index is -2.53. The van der Waals surface area contributed by atoms with E-state index in [1.54, 1.807) is 36.4 Å². The van der Waals surface area contributed by atoms with Gasteiger partial charge in [0.15, 0.2) is 17.0 Å². The number of Topliss-reactive ketones (excluding diaryl/α,β-unsaturated/α-hetero) is 1. The summed E-state index contributed by atoms with van der Waals surface area (Å²) in [5, 5.41) is 28.5. The molecule has 12 nitrogen and oxygen atoms in total. The number of nitrogens with zero attached hydrogens (tertiary/aromatic N) is 3. The van der Waals surface area contributed by atoms with Crippen LogP contribution < -0.4 is 10.3 Å². The van der Waals surface area contributed by atoms with E-state index in [4.69, 9.17) is 13.9 Å². The van der Waals surface area contributed by atoms with Crippen LogP contribution in [0.25, 0.3) is 21.9 Å². The maximum Gasteiger partial charge on any atom is 0.321 e. The molecule has 0 radical (unpaired) electrons. The minimum absolute atomic E-state index is 0.172. The number of rotatable bonds is 12. The van der Waals surface area contributed by atoms with Crippen molar-refractivity contribution in [1.82, 2.24) is 15.0 Å². The normalized spacial score (nSPS) is 14.3. The van der Waals surface area contributed by atoms with Crippen LogP contribution in [0.15, 0.2) is 57.7 Å². The molecule has 214 valence electrons. The zero-order valence-electron chi connectivity index (χ0n) is 22.2. The number of aromatic nitrogens is 3. The summed E-state index contributed by atoms with van der Waals surface area (Å²) in [5.74, 6) is -3.28. The molecule has 5 rings (SSSR count). The minimum Gasteiger partial charge on any atom is -0.493 e.